The molecule has 0 aliphatic carbocycles. The maximum absolute atomic E-state index is 11.4. The Labute approximate surface area is 108 Å². The van der Waals surface area contributed by atoms with Crippen molar-refractivity contribution in [1.82, 2.24) is 0 Å². The van der Waals surface area contributed by atoms with E-state index in [0.717, 1.165) is 0 Å². The summed E-state index contributed by atoms with van der Waals surface area (Å²) in [4.78, 5) is 11.1. The lowest BCUT2D eigenvalue weighted by Crippen LogP contribution is -2.17. The summed E-state index contributed by atoms with van der Waals surface area (Å²) in [6.45, 7) is 7.45. The summed E-state index contributed by atoms with van der Waals surface area (Å²) < 4.78 is 30.5. The van der Waals surface area contributed by atoms with Gasteiger partial charge in [-0.3, -0.25) is 9.35 Å². The molecule has 2 N–H and O–H groups in total. The maximum atomic E-state index is 11.4. The first kappa shape index (κ1) is 16.6. The van der Waals surface area contributed by atoms with Gasteiger partial charge < -0.3 is 5.32 Å². The molecule has 0 heterocycles. The molecular weight excluding hydrogens is 254 g/mol. The van der Waals surface area contributed by atoms with Gasteiger partial charge in [-0.2, -0.15) is 8.42 Å². The number of hydrogen-bond donors (Lipinski definition) is 2. The molecule has 0 aliphatic rings. The molecule has 0 bridgehead atoms. The van der Waals surface area contributed by atoms with Crippen LogP contribution in [-0.2, 0) is 14.9 Å². The van der Waals surface area contributed by atoms with E-state index in [1.54, 1.807) is 19.9 Å². The molecule has 1 amide bonds. The van der Waals surface area contributed by atoms with Crippen molar-refractivity contribution in [2.75, 3.05) is 5.32 Å². The summed E-state index contributed by atoms with van der Waals surface area (Å²) in [6, 6.07) is 5.45. The van der Waals surface area contributed by atoms with E-state index in [9.17, 15) is 13.2 Å². The molecule has 0 unspecified atom stereocenters. The average molecular weight is 273 g/mol. The standard InChI is InChI=1S/C10H13NO4S.C2H6/c1-7(2)10(12)11-8-4-3-5-9(6-8)16(13,14)15;1-2/h3-7H,1-2H3,(H,11,12)(H,13,14,15);1-2H3. The number of carbonyl (C=O) groups is 1. The van der Waals surface area contributed by atoms with Gasteiger partial charge in [0, 0.05) is 11.6 Å². The fourth-order valence-electron chi connectivity index (χ4n) is 1.02. The van der Waals surface area contributed by atoms with Crippen LogP contribution in [-0.4, -0.2) is 18.9 Å². The van der Waals surface area contributed by atoms with Crippen molar-refractivity contribution in [3.05, 3.63) is 24.3 Å². The third-order valence-electron chi connectivity index (χ3n) is 1.92. The van der Waals surface area contributed by atoms with Crippen LogP contribution in [0.2, 0.25) is 0 Å². The van der Waals surface area contributed by atoms with Crippen molar-refractivity contribution in [2.45, 2.75) is 32.6 Å². The first-order valence-electron chi connectivity index (χ1n) is 5.69. The second-order valence-electron chi connectivity index (χ2n) is 3.65. The molecule has 0 aromatic heterocycles. The summed E-state index contributed by atoms with van der Waals surface area (Å²) in [5, 5.41) is 2.54. The van der Waals surface area contributed by atoms with Crippen LogP contribution in [0.25, 0.3) is 0 Å². The van der Waals surface area contributed by atoms with Crippen LogP contribution >= 0.6 is 0 Å². The van der Waals surface area contributed by atoms with Gasteiger partial charge in [-0.05, 0) is 18.2 Å². The van der Waals surface area contributed by atoms with Crippen LogP contribution in [0.1, 0.15) is 27.7 Å². The van der Waals surface area contributed by atoms with Crippen LogP contribution in [0.4, 0.5) is 5.69 Å². The predicted octanol–water partition coefficient (Wildman–Crippen LogP) is 2.55. The molecule has 0 fully saturated rings. The fourth-order valence-corrected chi connectivity index (χ4v) is 1.55. The summed E-state index contributed by atoms with van der Waals surface area (Å²) >= 11 is 0. The largest absolute Gasteiger partial charge is 0.326 e. The smallest absolute Gasteiger partial charge is 0.294 e. The van der Waals surface area contributed by atoms with Crippen LogP contribution in [0.5, 0.6) is 0 Å². The maximum Gasteiger partial charge on any atom is 0.294 e. The highest BCUT2D eigenvalue weighted by Crippen LogP contribution is 2.15. The molecule has 1 aromatic carbocycles. The molecule has 6 heteroatoms. The average Bonchev–Trinajstić information content (AvgIpc) is 2.30. The Morgan fingerprint density at radius 3 is 2.28 bits per heavy atom. The fraction of sp³-hybridized carbons (Fsp3) is 0.417. The third-order valence-corrected chi connectivity index (χ3v) is 2.77. The highest BCUT2D eigenvalue weighted by Gasteiger charge is 2.11. The highest BCUT2D eigenvalue weighted by atomic mass is 32.2. The van der Waals surface area contributed by atoms with Crippen molar-refractivity contribution in [3.63, 3.8) is 0 Å². The number of carbonyl (C=O) groups excluding carboxylic acids is 1. The second-order valence-corrected chi connectivity index (χ2v) is 5.07. The molecule has 0 saturated carbocycles. The Morgan fingerprint density at radius 1 is 1.28 bits per heavy atom. The zero-order valence-corrected chi connectivity index (χ0v) is 11.8. The SMILES string of the molecule is CC.CC(C)C(=O)Nc1cccc(S(=O)(=O)O)c1. The number of benzene rings is 1. The minimum atomic E-state index is -4.23. The lowest BCUT2D eigenvalue weighted by molar-refractivity contribution is -0.118. The lowest BCUT2D eigenvalue weighted by Gasteiger charge is -2.08. The van der Waals surface area contributed by atoms with Gasteiger partial charge in [0.2, 0.25) is 5.91 Å². The topological polar surface area (TPSA) is 83.5 Å². The van der Waals surface area contributed by atoms with Crippen molar-refractivity contribution >= 4 is 21.7 Å². The highest BCUT2D eigenvalue weighted by molar-refractivity contribution is 7.85. The van der Waals surface area contributed by atoms with Gasteiger partial charge in [0.15, 0.2) is 0 Å². The van der Waals surface area contributed by atoms with E-state index in [2.05, 4.69) is 5.32 Å². The zero-order chi connectivity index (χ0) is 14.3. The van der Waals surface area contributed by atoms with E-state index in [4.69, 9.17) is 4.55 Å². The van der Waals surface area contributed by atoms with Crippen molar-refractivity contribution in [1.29, 1.82) is 0 Å². The van der Waals surface area contributed by atoms with Gasteiger partial charge in [-0.15, -0.1) is 0 Å². The van der Waals surface area contributed by atoms with Gasteiger partial charge in [0.1, 0.15) is 0 Å². The van der Waals surface area contributed by atoms with Crippen LogP contribution in [0.3, 0.4) is 0 Å². The van der Waals surface area contributed by atoms with Crippen molar-refractivity contribution < 1.29 is 17.8 Å². The van der Waals surface area contributed by atoms with Crippen molar-refractivity contribution in [3.8, 4) is 0 Å². The lowest BCUT2D eigenvalue weighted by atomic mass is 10.2. The third kappa shape index (κ3) is 5.29. The minimum Gasteiger partial charge on any atom is -0.326 e. The number of anilines is 1. The Bertz CT molecular complexity index is 495. The van der Waals surface area contributed by atoms with Gasteiger partial charge in [0.25, 0.3) is 10.1 Å². The predicted molar refractivity (Wildman–Crippen MR) is 71.1 cm³/mol. The van der Waals surface area contributed by atoms with E-state index in [-0.39, 0.29) is 16.7 Å². The summed E-state index contributed by atoms with van der Waals surface area (Å²) in [5.74, 6) is -0.415. The Kier molecular flexibility index (Phi) is 6.57. The molecule has 1 aromatic rings. The van der Waals surface area contributed by atoms with E-state index < -0.39 is 10.1 Å². The van der Waals surface area contributed by atoms with E-state index in [0.29, 0.717) is 5.69 Å². The van der Waals surface area contributed by atoms with Gasteiger partial charge in [0.05, 0.1) is 4.90 Å². The summed E-state index contributed by atoms with van der Waals surface area (Å²) in [5.41, 5.74) is 0.342. The number of nitrogens with one attached hydrogen (secondary N) is 1. The van der Waals surface area contributed by atoms with Crippen LogP contribution < -0.4 is 5.32 Å². The van der Waals surface area contributed by atoms with Gasteiger partial charge in [-0.25, -0.2) is 0 Å². The normalized spacial score (nSPS) is 10.6. The van der Waals surface area contributed by atoms with Crippen molar-refractivity contribution in [2.24, 2.45) is 5.92 Å². The Balaban J connectivity index is 0.00000137. The molecular formula is C12H19NO4S. The summed E-state index contributed by atoms with van der Waals surface area (Å²) in [6.07, 6.45) is 0. The van der Waals surface area contributed by atoms with E-state index >= 15 is 0 Å². The Hall–Kier alpha value is -1.40. The quantitative estimate of drug-likeness (QED) is 0.829. The molecule has 0 atom stereocenters. The number of hydrogen-bond acceptors (Lipinski definition) is 3. The number of rotatable bonds is 3. The first-order chi connectivity index (χ1) is 8.30. The molecule has 0 aliphatic heterocycles. The van der Waals surface area contributed by atoms with Crippen LogP contribution in [0, 0.1) is 5.92 Å². The zero-order valence-electron chi connectivity index (χ0n) is 11.0. The second kappa shape index (κ2) is 7.13. The molecule has 0 saturated heterocycles. The molecule has 0 spiro atoms. The van der Waals surface area contributed by atoms with E-state index in [1.807, 2.05) is 13.8 Å². The van der Waals surface area contributed by atoms with Gasteiger partial charge >= 0.3 is 0 Å². The molecule has 0 radical (unpaired) electrons. The van der Waals surface area contributed by atoms with Gasteiger partial charge in [-0.1, -0.05) is 33.8 Å². The minimum absolute atomic E-state index is 0.200. The number of amides is 1. The first-order valence-corrected chi connectivity index (χ1v) is 7.13. The van der Waals surface area contributed by atoms with Crippen LogP contribution in [0.15, 0.2) is 29.2 Å². The van der Waals surface area contributed by atoms with E-state index in [1.165, 1.54) is 18.2 Å². The molecule has 1 rings (SSSR count). The molecule has 5 nitrogen and oxygen atoms in total. The monoisotopic (exact) mass is 273 g/mol. The molecule has 102 valence electrons. The summed E-state index contributed by atoms with van der Waals surface area (Å²) in [7, 11) is -4.23. The Morgan fingerprint density at radius 2 is 1.83 bits per heavy atom. The molecule has 18 heavy (non-hydrogen) atoms.